The SMILES string of the molecule is COc1cc(C2C(C#N)=C(N)Oc3cc(OC(=O)/C=C/c4ccc(Cl)cc4Cl)ccc32)ccc1OCc1ccccc1F. The highest BCUT2D eigenvalue weighted by Gasteiger charge is 2.31. The van der Waals surface area contributed by atoms with E-state index in [2.05, 4.69) is 6.07 Å². The van der Waals surface area contributed by atoms with E-state index >= 15 is 0 Å². The molecule has 0 fully saturated rings. The van der Waals surface area contributed by atoms with Crippen molar-refractivity contribution < 1.29 is 28.1 Å². The number of carbonyl (C=O) groups excluding carboxylic acids is 1. The van der Waals surface area contributed by atoms with Crippen LogP contribution >= 0.6 is 23.2 Å². The van der Waals surface area contributed by atoms with Gasteiger partial charge in [-0.1, -0.05) is 59.6 Å². The van der Waals surface area contributed by atoms with E-state index < -0.39 is 11.9 Å². The Labute approximate surface area is 257 Å². The lowest BCUT2D eigenvalue weighted by molar-refractivity contribution is -0.128. The van der Waals surface area contributed by atoms with Gasteiger partial charge in [-0.2, -0.15) is 5.26 Å². The van der Waals surface area contributed by atoms with Gasteiger partial charge in [0.25, 0.3) is 0 Å². The minimum absolute atomic E-state index is 0.00219. The summed E-state index contributed by atoms with van der Waals surface area (Å²) >= 11 is 12.1. The number of allylic oxidation sites excluding steroid dienone is 1. The first-order valence-corrected chi connectivity index (χ1v) is 13.6. The average molecular weight is 617 g/mol. The number of ether oxygens (including phenoxy) is 4. The Morgan fingerprint density at radius 1 is 1.07 bits per heavy atom. The number of carbonyl (C=O) groups is 1. The van der Waals surface area contributed by atoms with E-state index in [0.717, 1.165) is 0 Å². The summed E-state index contributed by atoms with van der Waals surface area (Å²) < 4.78 is 36.7. The van der Waals surface area contributed by atoms with E-state index in [-0.39, 0.29) is 29.6 Å². The molecule has 0 saturated heterocycles. The Morgan fingerprint density at radius 3 is 2.63 bits per heavy atom. The molecule has 2 N–H and O–H groups in total. The summed E-state index contributed by atoms with van der Waals surface area (Å²) in [6, 6.07) is 23.4. The molecule has 0 radical (unpaired) electrons. The van der Waals surface area contributed by atoms with Crippen LogP contribution in [0.2, 0.25) is 10.0 Å². The normalized spacial score (nSPS) is 14.1. The van der Waals surface area contributed by atoms with Crippen LogP contribution in [0.4, 0.5) is 4.39 Å². The second kappa shape index (κ2) is 12.9. The number of nitrogens with two attached hydrogens (primary N) is 1. The van der Waals surface area contributed by atoms with E-state index in [4.69, 9.17) is 47.9 Å². The maximum Gasteiger partial charge on any atom is 0.336 e. The molecule has 4 aromatic carbocycles. The molecular formula is C33H23Cl2FN2O5. The molecular weight excluding hydrogens is 594 g/mol. The van der Waals surface area contributed by atoms with Crippen molar-refractivity contribution in [2.45, 2.75) is 12.5 Å². The van der Waals surface area contributed by atoms with Crippen molar-refractivity contribution in [3.8, 4) is 29.1 Å². The van der Waals surface area contributed by atoms with Crippen LogP contribution in [0.3, 0.4) is 0 Å². The van der Waals surface area contributed by atoms with Gasteiger partial charge in [-0.25, -0.2) is 9.18 Å². The minimum Gasteiger partial charge on any atom is -0.493 e. The van der Waals surface area contributed by atoms with Gasteiger partial charge in [0, 0.05) is 33.3 Å². The first-order chi connectivity index (χ1) is 20.8. The standard InChI is InChI=1S/C33H23Cl2FN2O5/c1-40-30-14-20(7-12-28(30)41-18-21-4-2-3-5-27(21)36)32-24-11-10-23(16-29(24)43-33(38)25(32)17-37)42-31(39)13-8-19-6-9-22(34)15-26(19)35/h2-16,32H,18,38H2,1H3/b13-8+. The number of nitrogens with zero attached hydrogens (tertiary/aromatic N) is 1. The van der Waals surface area contributed by atoms with Crippen LogP contribution < -0.4 is 24.7 Å². The summed E-state index contributed by atoms with van der Waals surface area (Å²) in [4.78, 5) is 12.5. The average Bonchev–Trinajstić information content (AvgIpc) is 2.99. The summed E-state index contributed by atoms with van der Waals surface area (Å²) in [6.07, 6.45) is 2.76. The Kier molecular flexibility index (Phi) is 8.86. The van der Waals surface area contributed by atoms with Crippen LogP contribution in [-0.4, -0.2) is 13.1 Å². The first-order valence-electron chi connectivity index (χ1n) is 12.9. The Bertz CT molecular complexity index is 1820. The van der Waals surface area contributed by atoms with Crippen molar-refractivity contribution in [2.24, 2.45) is 5.73 Å². The molecule has 0 amide bonds. The summed E-state index contributed by atoms with van der Waals surface area (Å²) in [5, 5.41) is 10.8. The molecule has 10 heteroatoms. The molecule has 1 aliphatic heterocycles. The molecule has 0 aromatic heterocycles. The lowest BCUT2D eigenvalue weighted by Crippen LogP contribution is -2.21. The molecule has 4 aromatic rings. The van der Waals surface area contributed by atoms with Gasteiger partial charge in [-0.15, -0.1) is 0 Å². The van der Waals surface area contributed by atoms with Crippen LogP contribution in [0, 0.1) is 17.1 Å². The molecule has 1 heterocycles. The number of nitriles is 1. The molecule has 43 heavy (non-hydrogen) atoms. The molecule has 1 aliphatic rings. The molecule has 0 bridgehead atoms. The summed E-state index contributed by atoms with van der Waals surface area (Å²) in [5.74, 6) is -0.409. The van der Waals surface area contributed by atoms with Crippen molar-refractivity contribution in [3.05, 3.63) is 135 Å². The highest BCUT2D eigenvalue weighted by molar-refractivity contribution is 6.35. The van der Waals surface area contributed by atoms with E-state index in [1.165, 1.54) is 31.4 Å². The number of benzene rings is 4. The lowest BCUT2D eigenvalue weighted by Gasteiger charge is -2.27. The number of methoxy groups -OCH3 is 1. The monoisotopic (exact) mass is 616 g/mol. The first kappa shape index (κ1) is 29.5. The lowest BCUT2D eigenvalue weighted by atomic mass is 9.83. The maximum absolute atomic E-state index is 14.1. The third-order valence-electron chi connectivity index (χ3n) is 6.63. The highest BCUT2D eigenvalue weighted by atomic mass is 35.5. The van der Waals surface area contributed by atoms with Gasteiger partial charge in [0.1, 0.15) is 35.6 Å². The topological polar surface area (TPSA) is 104 Å². The number of hydrogen-bond acceptors (Lipinski definition) is 7. The highest BCUT2D eigenvalue weighted by Crippen LogP contribution is 2.45. The largest absolute Gasteiger partial charge is 0.493 e. The summed E-state index contributed by atoms with van der Waals surface area (Å²) in [6.45, 7) is 0.00219. The van der Waals surface area contributed by atoms with Crippen LogP contribution in [-0.2, 0) is 11.4 Å². The van der Waals surface area contributed by atoms with Crippen molar-refractivity contribution in [3.63, 3.8) is 0 Å². The molecule has 1 atom stereocenters. The van der Waals surface area contributed by atoms with Gasteiger partial charge >= 0.3 is 5.97 Å². The molecule has 0 spiro atoms. The molecule has 5 rings (SSSR count). The van der Waals surface area contributed by atoms with Crippen LogP contribution in [0.25, 0.3) is 6.08 Å². The van der Waals surface area contributed by atoms with Gasteiger partial charge in [0.2, 0.25) is 5.88 Å². The fourth-order valence-electron chi connectivity index (χ4n) is 4.54. The number of esters is 1. The van der Waals surface area contributed by atoms with Crippen LogP contribution in [0.5, 0.6) is 23.0 Å². The van der Waals surface area contributed by atoms with Crippen molar-refractivity contribution in [1.82, 2.24) is 0 Å². The van der Waals surface area contributed by atoms with Crippen molar-refractivity contribution >= 4 is 35.2 Å². The van der Waals surface area contributed by atoms with E-state index in [0.29, 0.717) is 49.5 Å². The van der Waals surface area contributed by atoms with Gasteiger partial charge < -0.3 is 24.7 Å². The molecule has 0 aliphatic carbocycles. The number of fused-ring (bicyclic) bond motifs is 1. The molecule has 7 nitrogen and oxygen atoms in total. The second-order valence-electron chi connectivity index (χ2n) is 9.34. The van der Waals surface area contributed by atoms with E-state index in [1.807, 2.05) is 0 Å². The van der Waals surface area contributed by atoms with Gasteiger partial charge in [-0.05, 0) is 53.6 Å². The van der Waals surface area contributed by atoms with E-state index in [1.54, 1.807) is 66.7 Å². The number of hydrogen-bond donors (Lipinski definition) is 1. The number of rotatable bonds is 8. The zero-order valence-corrected chi connectivity index (χ0v) is 24.2. The van der Waals surface area contributed by atoms with Crippen molar-refractivity contribution in [1.29, 1.82) is 5.26 Å². The Balaban J connectivity index is 1.39. The zero-order valence-electron chi connectivity index (χ0n) is 22.6. The van der Waals surface area contributed by atoms with Gasteiger partial charge in [-0.3, -0.25) is 0 Å². The maximum atomic E-state index is 14.1. The smallest absolute Gasteiger partial charge is 0.336 e. The fraction of sp³-hybridized carbons (Fsp3) is 0.0909. The predicted octanol–water partition coefficient (Wildman–Crippen LogP) is 7.56. The fourth-order valence-corrected chi connectivity index (χ4v) is 5.01. The third-order valence-corrected chi connectivity index (χ3v) is 7.19. The van der Waals surface area contributed by atoms with Gasteiger partial charge in [0.05, 0.1) is 13.0 Å². The Morgan fingerprint density at radius 2 is 1.88 bits per heavy atom. The molecule has 1 unspecified atom stereocenters. The third kappa shape index (κ3) is 6.59. The quantitative estimate of drug-likeness (QED) is 0.124. The molecule has 0 saturated carbocycles. The zero-order chi connectivity index (χ0) is 30.5. The van der Waals surface area contributed by atoms with Gasteiger partial charge in [0.15, 0.2) is 11.5 Å². The number of halogens is 3. The summed E-state index contributed by atoms with van der Waals surface area (Å²) in [5.41, 5.74) is 8.64. The van der Waals surface area contributed by atoms with Crippen LogP contribution in [0.15, 0.2) is 96.4 Å². The Hall–Kier alpha value is -4.97. The second-order valence-corrected chi connectivity index (χ2v) is 10.2. The van der Waals surface area contributed by atoms with Crippen molar-refractivity contribution in [2.75, 3.05) is 7.11 Å². The minimum atomic E-state index is -0.643. The molecule has 216 valence electrons. The summed E-state index contributed by atoms with van der Waals surface area (Å²) in [7, 11) is 1.48. The van der Waals surface area contributed by atoms with Crippen LogP contribution in [0.1, 0.15) is 28.2 Å². The predicted molar refractivity (Wildman–Crippen MR) is 161 cm³/mol. The van der Waals surface area contributed by atoms with E-state index in [9.17, 15) is 14.4 Å².